The highest BCUT2D eigenvalue weighted by molar-refractivity contribution is 6.32. The second kappa shape index (κ2) is 23.1. The van der Waals surface area contributed by atoms with Crippen molar-refractivity contribution in [1.29, 1.82) is 0 Å². The van der Waals surface area contributed by atoms with Crippen LogP contribution in [-0.4, -0.2) is 24.6 Å². The van der Waals surface area contributed by atoms with Crippen molar-refractivity contribution in [3.05, 3.63) is 82.9 Å². The molecule has 0 radical (unpaired) electrons. The number of hydrogen-bond donors (Lipinski definition) is 0. The summed E-state index contributed by atoms with van der Waals surface area (Å²) >= 11 is 6.44. The van der Waals surface area contributed by atoms with Crippen LogP contribution in [-0.2, 0) is 4.74 Å². The summed E-state index contributed by atoms with van der Waals surface area (Å²) in [5.41, 5.74) is 2.78. The quantitative estimate of drug-likeness (QED) is 0.0537. The van der Waals surface area contributed by atoms with E-state index in [4.69, 9.17) is 25.8 Å². The number of esters is 2. The molecule has 0 spiro atoms. The van der Waals surface area contributed by atoms with E-state index in [-0.39, 0.29) is 12.1 Å². The third-order valence-corrected chi connectivity index (χ3v) is 9.01. The molecule has 0 heterocycles. The first kappa shape index (κ1) is 39.1. The zero-order valence-electron chi connectivity index (χ0n) is 29.6. The molecule has 3 rings (SSSR count). The summed E-state index contributed by atoms with van der Waals surface area (Å²) in [6.07, 6.45) is 21.0. The maximum atomic E-state index is 12.8. The Labute approximate surface area is 294 Å². The SMILES string of the molecule is CCCCCCCCCCCCCCOc1ccc(C(=O)Oc2ccc(-c3ccc(C(=O)OC(C)CCCCCC)cc3)cc2)cc1Cl. The van der Waals surface area contributed by atoms with Gasteiger partial charge < -0.3 is 14.2 Å². The van der Waals surface area contributed by atoms with Gasteiger partial charge in [-0.1, -0.05) is 140 Å². The first-order valence-electron chi connectivity index (χ1n) is 18.5. The lowest BCUT2D eigenvalue weighted by molar-refractivity contribution is 0.0319. The number of carbonyl (C=O) groups excluding carboxylic acids is 2. The van der Waals surface area contributed by atoms with Gasteiger partial charge in [0, 0.05) is 0 Å². The molecule has 0 N–H and O–H groups in total. The second-order valence-corrected chi connectivity index (χ2v) is 13.3. The zero-order valence-corrected chi connectivity index (χ0v) is 30.3. The fourth-order valence-electron chi connectivity index (χ4n) is 5.72. The molecule has 48 heavy (non-hydrogen) atoms. The van der Waals surface area contributed by atoms with Gasteiger partial charge >= 0.3 is 11.9 Å². The van der Waals surface area contributed by atoms with E-state index in [1.807, 2.05) is 31.2 Å². The van der Waals surface area contributed by atoms with Crippen molar-refractivity contribution in [2.75, 3.05) is 6.61 Å². The van der Waals surface area contributed by atoms with Gasteiger partial charge in [0.2, 0.25) is 0 Å². The first-order chi connectivity index (χ1) is 23.4. The normalized spacial score (nSPS) is 11.7. The smallest absolute Gasteiger partial charge is 0.343 e. The molecule has 0 bridgehead atoms. The largest absolute Gasteiger partial charge is 0.492 e. The van der Waals surface area contributed by atoms with Crippen LogP contribution in [0.2, 0.25) is 5.02 Å². The molecule has 5 nitrogen and oxygen atoms in total. The number of benzene rings is 3. The van der Waals surface area contributed by atoms with Crippen LogP contribution < -0.4 is 9.47 Å². The highest BCUT2D eigenvalue weighted by Gasteiger charge is 2.14. The second-order valence-electron chi connectivity index (χ2n) is 12.9. The van der Waals surface area contributed by atoms with Crippen molar-refractivity contribution in [2.45, 2.75) is 136 Å². The van der Waals surface area contributed by atoms with E-state index < -0.39 is 5.97 Å². The predicted octanol–water partition coefficient (Wildman–Crippen LogP) is 12.8. The summed E-state index contributed by atoms with van der Waals surface area (Å²) in [5, 5.41) is 0.396. The van der Waals surface area contributed by atoms with Gasteiger partial charge in [0.05, 0.1) is 28.9 Å². The number of hydrogen-bond acceptors (Lipinski definition) is 5. The van der Waals surface area contributed by atoms with Gasteiger partial charge in [0.15, 0.2) is 0 Å². The van der Waals surface area contributed by atoms with Gasteiger partial charge in [0.1, 0.15) is 11.5 Å². The van der Waals surface area contributed by atoms with Crippen molar-refractivity contribution in [1.82, 2.24) is 0 Å². The Morgan fingerprint density at radius 1 is 0.604 bits per heavy atom. The summed E-state index contributed by atoms with van der Waals surface area (Å²) in [5.74, 6) is 0.225. The van der Waals surface area contributed by atoms with Gasteiger partial charge in [-0.3, -0.25) is 0 Å². The number of rotatable bonds is 24. The van der Waals surface area contributed by atoms with Crippen molar-refractivity contribution in [3.63, 3.8) is 0 Å². The van der Waals surface area contributed by atoms with E-state index in [0.717, 1.165) is 36.8 Å². The molecule has 0 saturated heterocycles. The fraction of sp³-hybridized carbons (Fsp3) is 0.524. The molecule has 1 atom stereocenters. The van der Waals surface area contributed by atoms with Crippen molar-refractivity contribution in [2.24, 2.45) is 0 Å². The number of ether oxygens (including phenoxy) is 3. The maximum absolute atomic E-state index is 12.8. The Balaban J connectivity index is 1.36. The number of carbonyl (C=O) groups is 2. The summed E-state index contributed by atoms with van der Waals surface area (Å²) in [6, 6.07) is 19.6. The minimum absolute atomic E-state index is 0.0968. The third-order valence-electron chi connectivity index (χ3n) is 8.71. The number of halogens is 1. The topological polar surface area (TPSA) is 61.8 Å². The molecule has 0 aliphatic heterocycles. The van der Waals surface area contributed by atoms with Gasteiger partial charge in [-0.05, 0) is 79.8 Å². The van der Waals surface area contributed by atoms with Crippen molar-refractivity contribution >= 4 is 23.5 Å². The van der Waals surface area contributed by atoms with Crippen LogP contribution in [0.4, 0.5) is 0 Å². The van der Waals surface area contributed by atoms with Crippen molar-refractivity contribution in [3.8, 4) is 22.6 Å². The van der Waals surface area contributed by atoms with E-state index in [9.17, 15) is 9.59 Å². The third kappa shape index (κ3) is 14.8. The summed E-state index contributed by atoms with van der Waals surface area (Å²) < 4.78 is 17.1. The molecular formula is C42H57ClO5. The Morgan fingerprint density at radius 3 is 1.67 bits per heavy atom. The molecule has 3 aromatic rings. The first-order valence-corrected chi connectivity index (χ1v) is 18.8. The van der Waals surface area contributed by atoms with Crippen LogP contribution in [0.15, 0.2) is 66.7 Å². The van der Waals surface area contributed by atoms with E-state index >= 15 is 0 Å². The van der Waals surface area contributed by atoms with Crippen LogP contribution >= 0.6 is 11.6 Å². The van der Waals surface area contributed by atoms with Crippen LogP contribution in [0.1, 0.15) is 151 Å². The van der Waals surface area contributed by atoms with Gasteiger partial charge in [-0.2, -0.15) is 0 Å². The summed E-state index contributed by atoms with van der Waals surface area (Å²) in [4.78, 5) is 25.4. The average molecular weight is 677 g/mol. The Kier molecular flexibility index (Phi) is 18.8. The van der Waals surface area contributed by atoms with Crippen LogP contribution in [0.3, 0.4) is 0 Å². The lowest BCUT2D eigenvalue weighted by atomic mass is 10.0. The van der Waals surface area contributed by atoms with Crippen LogP contribution in [0.25, 0.3) is 11.1 Å². The monoisotopic (exact) mass is 676 g/mol. The molecule has 0 amide bonds. The molecule has 0 aliphatic carbocycles. The molecule has 0 aromatic heterocycles. The minimum atomic E-state index is -0.486. The van der Waals surface area contributed by atoms with Crippen LogP contribution in [0.5, 0.6) is 11.5 Å². The minimum Gasteiger partial charge on any atom is -0.492 e. The molecule has 0 saturated carbocycles. The van der Waals surface area contributed by atoms with Gasteiger partial charge in [0.25, 0.3) is 0 Å². The Morgan fingerprint density at radius 2 is 1.10 bits per heavy atom. The molecule has 0 aliphatic rings. The van der Waals surface area contributed by atoms with E-state index in [1.165, 1.54) is 83.5 Å². The van der Waals surface area contributed by atoms with Crippen LogP contribution in [0, 0.1) is 0 Å². The standard InChI is InChI=1S/C42H57ClO5/c1-4-6-8-10-11-12-13-14-15-16-17-19-31-46-40-30-27-37(32-39(40)43)42(45)48-38-28-25-35(26-29-38)34-21-23-36(24-22-34)41(44)47-33(3)20-18-9-7-5-2/h21-30,32-33H,4-20,31H2,1-3H3. The van der Waals surface area contributed by atoms with E-state index in [2.05, 4.69) is 13.8 Å². The highest BCUT2D eigenvalue weighted by Crippen LogP contribution is 2.28. The Bertz CT molecular complexity index is 1340. The predicted molar refractivity (Wildman–Crippen MR) is 198 cm³/mol. The number of unbranched alkanes of at least 4 members (excludes halogenated alkanes) is 14. The van der Waals surface area contributed by atoms with E-state index in [0.29, 0.717) is 34.3 Å². The molecule has 262 valence electrons. The van der Waals surface area contributed by atoms with Gasteiger partial charge in [-0.25, -0.2) is 9.59 Å². The van der Waals surface area contributed by atoms with Crippen molar-refractivity contribution < 1.29 is 23.8 Å². The maximum Gasteiger partial charge on any atom is 0.343 e. The zero-order chi connectivity index (χ0) is 34.4. The summed E-state index contributed by atoms with van der Waals surface area (Å²) in [7, 11) is 0. The highest BCUT2D eigenvalue weighted by atomic mass is 35.5. The average Bonchev–Trinajstić information content (AvgIpc) is 3.09. The lowest BCUT2D eigenvalue weighted by Crippen LogP contribution is -2.15. The molecule has 6 heteroatoms. The lowest BCUT2D eigenvalue weighted by Gasteiger charge is -2.13. The fourth-order valence-corrected chi connectivity index (χ4v) is 5.95. The van der Waals surface area contributed by atoms with Gasteiger partial charge in [-0.15, -0.1) is 0 Å². The Hall–Kier alpha value is -3.31. The summed E-state index contributed by atoms with van der Waals surface area (Å²) in [6.45, 7) is 7.01. The molecular weight excluding hydrogens is 620 g/mol. The van der Waals surface area contributed by atoms with E-state index in [1.54, 1.807) is 42.5 Å². The molecule has 3 aromatic carbocycles. The molecule has 0 fully saturated rings. The molecule has 1 unspecified atom stereocenters.